The highest BCUT2D eigenvalue weighted by molar-refractivity contribution is 5.51. The molecule has 1 heterocycles. The van der Waals surface area contributed by atoms with E-state index < -0.39 is 0 Å². The van der Waals surface area contributed by atoms with Gasteiger partial charge in [-0.2, -0.15) is 0 Å². The lowest BCUT2D eigenvalue weighted by Crippen LogP contribution is -2.35. The number of ether oxygens (including phenoxy) is 2. The van der Waals surface area contributed by atoms with Crippen LogP contribution in [0, 0.1) is 0 Å². The molecular formula is C14H22N2O2. The average molecular weight is 250 g/mol. The Bertz CT molecular complexity index is 376. The largest absolute Gasteiger partial charge is 0.493 e. The van der Waals surface area contributed by atoms with Gasteiger partial charge in [0.1, 0.15) is 0 Å². The Morgan fingerprint density at radius 3 is 2.94 bits per heavy atom. The summed E-state index contributed by atoms with van der Waals surface area (Å²) in [5.41, 5.74) is 6.39. The van der Waals surface area contributed by atoms with Crippen molar-refractivity contribution >= 4 is 5.69 Å². The Morgan fingerprint density at radius 2 is 2.22 bits per heavy atom. The van der Waals surface area contributed by atoms with Gasteiger partial charge in [-0.25, -0.2) is 0 Å². The fourth-order valence-electron chi connectivity index (χ4n) is 2.28. The summed E-state index contributed by atoms with van der Waals surface area (Å²) in [6.07, 6.45) is 4.90. The number of methoxy groups -OCH3 is 1. The van der Waals surface area contributed by atoms with Gasteiger partial charge < -0.3 is 20.5 Å². The van der Waals surface area contributed by atoms with Crippen molar-refractivity contribution in [1.82, 2.24) is 5.32 Å². The van der Waals surface area contributed by atoms with Crippen LogP contribution in [-0.4, -0.2) is 26.3 Å². The molecule has 1 atom stereocenters. The van der Waals surface area contributed by atoms with Gasteiger partial charge in [0, 0.05) is 17.8 Å². The van der Waals surface area contributed by atoms with Crippen molar-refractivity contribution in [3.05, 3.63) is 18.2 Å². The maximum Gasteiger partial charge on any atom is 0.162 e. The lowest BCUT2D eigenvalue weighted by Gasteiger charge is -2.23. The molecule has 100 valence electrons. The standard InChI is InChI=1S/C14H22N2O2/c1-17-14-10-11(15)5-6-13(14)18-9-7-12-4-2-3-8-16-12/h5-6,10,12,16H,2-4,7-9,15H2,1H3. The maximum atomic E-state index is 5.77. The van der Waals surface area contributed by atoms with Gasteiger partial charge in [-0.05, 0) is 37.9 Å². The molecule has 1 aliphatic rings. The molecule has 1 unspecified atom stereocenters. The fraction of sp³-hybridized carbons (Fsp3) is 0.571. The predicted molar refractivity (Wildman–Crippen MR) is 73.2 cm³/mol. The molecule has 0 saturated carbocycles. The number of rotatable bonds is 5. The van der Waals surface area contributed by atoms with Gasteiger partial charge >= 0.3 is 0 Å². The molecule has 2 rings (SSSR count). The van der Waals surface area contributed by atoms with Gasteiger partial charge in [-0.1, -0.05) is 6.42 Å². The van der Waals surface area contributed by atoms with Crippen LogP contribution in [-0.2, 0) is 0 Å². The molecule has 0 spiro atoms. The molecule has 1 aromatic rings. The van der Waals surface area contributed by atoms with Crippen LogP contribution < -0.4 is 20.5 Å². The summed E-state index contributed by atoms with van der Waals surface area (Å²) in [5.74, 6) is 1.47. The molecule has 1 aromatic carbocycles. The first kappa shape index (κ1) is 13.0. The molecule has 0 aromatic heterocycles. The zero-order valence-electron chi connectivity index (χ0n) is 10.9. The van der Waals surface area contributed by atoms with E-state index in [9.17, 15) is 0 Å². The number of hydrogen-bond donors (Lipinski definition) is 2. The molecule has 0 aliphatic carbocycles. The van der Waals surface area contributed by atoms with Crippen molar-refractivity contribution in [3.8, 4) is 11.5 Å². The summed E-state index contributed by atoms with van der Waals surface area (Å²) in [7, 11) is 1.63. The van der Waals surface area contributed by atoms with Crippen molar-refractivity contribution in [2.24, 2.45) is 0 Å². The zero-order valence-corrected chi connectivity index (χ0v) is 10.9. The first-order valence-electron chi connectivity index (χ1n) is 6.59. The van der Waals surface area contributed by atoms with E-state index in [4.69, 9.17) is 15.2 Å². The second-order valence-corrected chi connectivity index (χ2v) is 4.69. The molecule has 4 nitrogen and oxygen atoms in total. The molecule has 0 amide bonds. The van der Waals surface area contributed by atoms with Crippen LogP contribution in [0.4, 0.5) is 5.69 Å². The van der Waals surface area contributed by atoms with Crippen LogP contribution in [0.3, 0.4) is 0 Å². The van der Waals surface area contributed by atoms with E-state index in [-0.39, 0.29) is 0 Å². The van der Waals surface area contributed by atoms with E-state index in [0.717, 1.165) is 18.7 Å². The summed E-state index contributed by atoms with van der Waals surface area (Å²) in [5, 5.41) is 3.51. The van der Waals surface area contributed by atoms with Crippen molar-refractivity contribution in [3.63, 3.8) is 0 Å². The van der Waals surface area contributed by atoms with E-state index in [1.54, 1.807) is 13.2 Å². The smallest absolute Gasteiger partial charge is 0.162 e. The molecule has 0 radical (unpaired) electrons. The Kier molecular flexibility index (Phi) is 4.70. The lowest BCUT2D eigenvalue weighted by molar-refractivity contribution is 0.257. The Hall–Kier alpha value is -1.42. The summed E-state index contributed by atoms with van der Waals surface area (Å²) in [6.45, 7) is 1.84. The van der Waals surface area contributed by atoms with Crippen LogP contribution in [0.1, 0.15) is 25.7 Å². The van der Waals surface area contributed by atoms with Crippen molar-refractivity contribution < 1.29 is 9.47 Å². The minimum absolute atomic E-state index is 0.596. The monoisotopic (exact) mass is 250 g/mol. The van der Waals surface area contributed by atoms with E-state index >= 15 is 0 Å². The maximum absolute atomic E-state index is 5.77. The average Bonchev–Trinajstić information content (AvgIpc) is 2.41. The third-order valence-electron chi connectivity index (χ3n) is 3.32. The first-order chi connectivity index (χ1) is 8.79. The Balaban J connectivity index is 1.82. The number of nitrogens with two attached hydrogens (primary N) is 1. The minimum atomic E-state index is 0.596. The molecule has 1 saturated heterocycles. The number of anilines is 1. The molecule has 1 aliphatic heterocycles. The van der Waals surface area contributed by atoms with Gasteiger partial charge in [0.05, 0.1) is 13.7 Å². The summed E-state index contributed by atoms with van der Waals surface area (Å²) in [6, 6.07) is 6.08. The van der Waals surface area contributed by atoms with E-state index in [1.807, 2.05) is 12.1 Å². The van der Waals surface area contributed by atoms with Crippen LogP contribution >= 0.6 is 0 Å². The topological polar surface area (TPSA) is 56.5 Å². The number of piperidine rings is 1. The van der Waals surface area contributed by atoms with Gasteiger partial charge in [-0.3, -0.25) is 0 Å². The normalized spacial score (nSPS) is 19.5. The van der Waals surface area contributed by atoms with E-state index in [1.165, 1.54) is 19.3 Å². The number of hydrogen-bond acceptors (Lipinski definition) is 4. The highest BCUT2D eigenvalue weighted by Gasteiger charge is 2.12. The van der Waals surface area contributed by atoms with Crippen molar-refractivity contribution in [1.29, 1.82) is 0 Å². The molecule has 1 fully saturated rings. The SMILES string of the molecule is COc1cc(N)ccc1OCCC1CCCCN1. The predicted octanol–water partition coefficient (Wildman–Crippen LogP) is 2.19. The second kappa shape index (κ2) is 6.50. The van der Waals surface area contributed by atoms with Gasteiger partial charge in [0.15, 0.2) is 11.5 Å². The van der Waals surface area contributed by atoms with Crippen LogP contribution in [0.5, 0.6) is 11.5 Å². The molecule has 3 N–H and O–H groups in total. The van der Waals surface area contributed by atoms with E-state index in [2.05, 4.69) is 5.32 Å². The highest BCUT2D eigenvalue weighted by atomic mass is 16.5. The third kappa shape index (κ3) is 3.53. The minimum Gasteiger partial charge on any atom is -0.493 e. The zero-order chi connectivity index (χ0) is 12.8. The number of nitrogens with one attached hydrogen (secondary N) is 1. The fourth-order valence-corrected chi connectivity index (χ4v) is 2.28. The van der Waals surface area contributed by atoms with Crippen molar-refractivity contribution in [2.75, 3.05) is 26.0 Å². The third-order valence-corrected chi connectivity index (χ3v) is 3.32. The van der Waals surface area contributed by atoms with Gasteiger partial charge in [0.25, 0.3) is 0 Å². The molecule has 18 heavy (non-hydrogen) atoms. The summed E-state index contributed by atoms with van der Waals surface area (Å²) >= 11 is 0. The Morgan fingerprint density at radius 1 is 1.33 bits per heavy atom. The summed E-state index contributed by atoms with van der Waals surface area (Å²) in [4.78, 5) is 0. The lowest BCUT2D eigenvalue weighted by atomic mass is 10.0. The van der Waals surface area contributed by atoms with Crippen LogP contribution in [0.25, 0.3) is 0 Å². The number of nitrogen functional groups attached to an aromatic ring is 1. The van der Waals surface area contributed by atoms with Crippen LogP contribution in [0.15, 0.2) is 18.2 Å². The molecule has 4 heteroatoms. The first-order valence-corrected chi connectivity index (χ1v) is 6.59. The Labute approximate surface area is 108 Å². The molecular weight excluding hydrogens is 228 g/mol. The van der Waals surface area contributed by atoms with Gasteiger partial charge in [0.2, 0.25) is 0 Å². The highest BCUT2D eigenvalue weighted by Crippen LogP contribution is 2.29. The van der Waals surface area contributed by atoms with Crippen molar-refractivity contribution in [2.45, 2.75) is 31.7 Å². The van der Waals surface area contributed by atoms with E-state index in [0.29, 0.717) is 24.1 Å². The van der Waals surface area contributed by atoms with Gasteiger partial charge in [-0.15, -0.1) is 0 Å². The van der Waals surface area contributed by atoms with Crippen LogP contribution in [0.2, 0.25) is 0 Å². The summed E-state index contributed by atoms with van der Waals surface area (Å²) < 4.78 is 11.0. The second-order valence-electron chi connectivity index (χ2n) is 4.69. The quantitative estimate of drug-likeness (QED) is 0.787. The molecule has 0 bridgehead atoms. The number of benzene rings is 1.